The van der Waals surface area contributed by atoms with E-state index in [-0.39, 0.29) is 17.3 Å². The van der Waals surface area contributed by atoms with Crippen LogP contribution in [-0.4, -0.2) is 12.6 Å². The third kappa shape index (κ3) is 1.21. The lowest BCUT2D eigenvalue weighted by Gasteiger charge is -2.45. The molecule has 1 heterocycles. The van der Waals surface area contributed by atoms with E-state index in [0.29, 0.717) is 12.2 Å². The van der Waals surface area contributed by atoms with Gasteiger partial charge in [-0.3, -0.25) is 0 Å². The van der Waals surface area contributed by atoms with E-state index in [4.69, 9.17) is 4.74 Å². The van der Waals surface area contributed by atoms with Crippen molar-refractivity contribution in [1.29, 1.82) is 0 Å². The van der Waals surface area contributed by atoms with Crippen molar-refractivity contribution in [3.8, 4) is 0 Å². The van der Waals surface area contributed by atoms with Crippen LogP contribution in [0.1, 0.15) is 25.7 Å². The maximum Gasteiger partial charge on any atom is 0.333 e. The molecule has 2 nitrogen and oxygen atoms in total. The molecule has 2 atom stereocenters. The Morgan fingerprint density at radius 3 is 3.00 bits per heavy atom. The molecule has 76 valence electrons. The van der Waals surface area contributed by atoms with Crippen molar-refractivity contribution in [2.24, 2.45) is 11.3 Å². The van der Waals surface area contributed by atoms with Gasteiger partial charge in [-0.05, 0) is 12.8 Å². The summed E-state index contributed by atoms with van der Waals surface area (Å²) in [6, 6.07) is 0. The number of carbonyl (C=O) groups is 1. The Hall–Kier alpha value is -1.05. The van der Waals surface area contributed by atoms with E-state index in [2.05, 4.69) is 13.2 Å². The maximum atomic E-state index is 11.4. The summed E-state index contributed by atoms with van der Waals surface area (Å²) < 4.78 is 5.14. The summed E-state index contributed by atoms with van der Waals surface area (Å²) in [6.07, 6.45) is 6.49. The third-order valence-electron chi connectivity index (χ3n) is 3.64. The molecule has 1 aliphatic carbocycles. The predicted molar refractivity (Wildman–Crippen MR) is 54.7 cm³/mol. The van der Waals surface area contributed by atoms with Crippen LogP contribution < -0.4 is 0 Å². The van der Waals surface area contributed by atoms with Gasteiger partial charge in [-0.1, -0.05) is 25.5 Å². The van der Waals surface area contributed by atoms with Crippen molar-refractivity contribution in [2.75, 3.05) is 6.61 Å². The Kier molecular flexibility index (Phi) is 2.22. The number of cyclic esters (lactones) is 1. The molecule has 0 bridgehead atoms. The van der Waals surface area contributed by atoms with E-state index in [9.17, 15) is 4.79 Å². The average molecular weight is 192 g/mol. The highest BCUT2D eigenvalue weighted by molar-refractivity contribution is 5.89. The molecule has 2 fully saturated rings. The molecule has 1 saturated carbocycles. The van der Waals surface area contributed by atoms with Gasteiger partial charge in [0.1, 0.15) is 6.61 Å². The number of hydrogen-bond donors (Lipinski definition) is 0. The van der Waals surface area contributed by atoms with Gasteiger partial charge in [-0.2, -0.15) is 0 Å². The average Bonchev–Trinajstić information content (AvgIpc) is 2.24. The van der Waals surface area contributed by atoms with Gasteiger partial charge in [-0.15, -0.1) is 6.58 Å². The number of esters is 1. The first-order valence-corrected chi connectivity index (χ1v) is 5.19. The fraction of sp³-hybridized carbons (Fsp3) is 0.583. The van der Waals surface area contributed by atoms with E-state index in [1.807, 2.05) is 6.08 Å². The van der Waals surface area contributed by atoms with Gasteiger partial charge in [0, 0.05) is 16.9 Å². The molecule has 0 aromatic rings. The number of rotatable bonds is 1. The second-order valence-electron chi connectivity index (χ2n) is 4.34. The van der Waals surface area contributed by atoms with Crippen molar-refractivity contribution in [3.63, 3.8) is 0 Å². The number of ether oxygens (including phenoxy) is 1. The first-order chi connectivity index (χ1) is 6.69. The van der Waals surface area contributed by atoms with Crippen molar-refractivity contribution in [1.82, 2.24) is 0 Å². The Morgan fingerprint density at radius 1 is 1.50 bits per heavy atom. The van der Waals surface area contributed by atoms with Gasteiger partial charge in [0.05, 0.1) is 0 Å². The molecule has 14 heavy (non-hydrogen) atoms. The SMILES string of the molecule is C=C[C@]12CCCC[C@H]1C(=C)C(=O)OC2. The molecule has 2 aliphatic rings. The van der Waals surface area contributed by atoms with E-state index >= 15 is 0 Å². The summed E-state index contributed by atoms with van der Waals surface area (Å²) in [6.45, 7) is 8.24. The molecule has 0 spiro atoms. The van der Waals surface area contributed by atoms with Gasteiger partial charge >= 0.3 is 5.97 Å². The summed E-state index contributed by atoms with van der Waals surface area (Å²) in [5.41, 5.74) is 0.638. The molecule has 0 amide bonds. The Labute approximate surface area is 84.6 Å². The van der Waals surface area contributed by atoms with Crippen molar-refractivity contribution in [2.45, 2.75) is 25.7 Å². The maximum absolute atomic E-state index is 11.4. The second kappa shape index (κ2) is 3.26. The van der Waals surface area contributed by atoms with E-state index in [1.165, 1.54) is 12.8 Å². The van der Waals surface area contributed by atoms with Gasteiger partial charge in [0.2, 0.25) is 0 Å². The minimum Gasteiger partial charge on any atom is -0.461 e. The molecule has 0 unspecified atom stereocenters. The van der Waals surface area contributed by atoms with E-state index in [1.54, 1.807) is 0 Å². The van der Waals surface area contributed by atoms with E-state index in [0.717, 1.165) is 12.8 Å². The zero-order chi connectivity index (χ0) is 10.2. The lowest BCUT2D eigenvalue weighted by molar-refractivity contribution is -0.150. The fourth-order valence-corrected chi connectivity index (χ4v) is 2.70. The summed E-state index contributed by atoms with van der Waals surface area (Å²) in [4.78, 5) is 11.4. The normalized spacial score (nSPS) is 37.3. The topological polar surface area (TPSA) is 26.3 Å². The van der Waals surface area contributed by atoms with E-state index < -0.39 is 0 Å². The molecule has 1 aliphatic heterocycles. The molecule has 2 heteroatoms. The largest absolute Gasteiger partial charge is 0.461 e. The lowest BCUT2D eigenvalue weighted by atomic mass is 9.63. The van der Waals surface area contributed by atoms with Crippen molar-refractivity contribution < 1.29 is 9.53 Å². The van der Waals surface area contributed by atoms with Crippen LogP contribution in [0.5, 0.6) is 0 Å². The smallest absolute Gasteiger partial charge is 0.333 e. The van der Waals surface area contributed by atoms with Gasteiger partial charge in [0.25, 0.3) is 0 Å². The number of fused-ring (bicyclic) bond motifs is 1. The molecule has 0 aromatic heterocycles. The zero-order valence-electron chi connectivity index (χ0n) is 8.42. The number of carbonyl (C=O) groups excluding carboxylic acids is 1. The lowest BCUT2D eigenvalue weighted by Crippen LogP contribution is -2.44. The molecular weight excluding hydrogens is 176 g/mol. The quantitative estimate of drug-likeness (QED) is 0.362. The minimum atomic E-state index is -0.214. The molecule has 0 radical (unpaired) electrons. The molecule has 2 rings (SSSR count). The molecule has 1 saturated heterocycles. The zero-order valence-corrected chi connectivity index (χ0v) is 8.42. The highest BCUT2D eigenvalue weighted by Crippen LogP contribution is 2.48. The van der Waals surface area contributed by atoms with Crippen molar-refractivity contribution >= 4 is 5.97 Å². The first kappa shape index (κ1) is 9.50. The summed E-state index contributed by atoms with van der Waals surface area (Å²) in [7, 11) is 0. The summed E-state index contributed by atoms with van der Waals surface area (Å²) >= 11 is 0. The molecular formula is C12H16O2. The standard InChI is InChI=1S/C12H16O2/c1-3-12-7-5-4-6-10(12)9(2)11(13)14-8-12/h3,10H,1-2,4-8H2/t10-,12+/m0/s1. The Balaban J connectivity index is 2.31. The predicted octanol–water partition coefficient (Wildman–Crippen LogP) is 2.46. The van der Waals surface area contributed by atoms with Crippen LogP contribution in [0.4, 0.5) is 0 Å². The summed E-state index contributed by atoms with van der Waals surface area (Å²) in [5, 5.41) is 0. The Bertz CT molecular complexity index is 293. The van der Waals surface area contributed by atoms with Gasteiger partial charge in [-0.25, -0.2) is 4.79 Å². The van der Waals surface area contributed by atoms with Crippen molar-refractivity contribution in [3.05, 3.63) is 24.8 Å². The second-order valence-corrected chi connectivity index (χ2v) is 4.34. The van der Waals surface area contributed by atoms with Crippen LogP contribution in [0.2, 0.25) is 0 Å². The molecule has 0 N–H and O–H groups in total. The van der Waals surface area contributed by atoms with Crippen LogP contribution in [0.3, 0.4) is 0 Å². The fourth-order valence-electron chi connectivity index (χ4n) is 2.70. The van der Waals surface area contributed by atoms with Crippen LogP contribution in [0.15, 0.2) is 24.8 Å². The third-order valence-corrected chi connectivity index (χ3v) is 3.64. The number of hydrogen-bond acceptors (Lipinski definition) is 2. The first-order valence-electron chi connectivity index (χ1n) is 5.19. The minimum absolute atomic E-state index is 0.0107. The van der Waals surface area contributed by atoms with Gasteiger partial charge in [0.15, 0.2) is 0 Å². The van der Waals surface area contributed by atoms with Crippen LogP contribution in [0, 0.1) is 11.3 Å². The monoisotopic (exact) mass is 192 g/mol. The highest BCUT2D eigenvalue weighted by Gasteiger charge is 2.46. The molecule has 0 aromatic carbocycles. The van der Waals surface area contributed by atoms with Crippen LogP contribution in [-0.2, 0) is 9.53 Å². The Morgan fingerprint density at radius 2 is 2.29 bits per heavy atom. The summed E-state index contributed by atoms with van der Waals surface area (Å²) in [5.74, 6) is 0.0596. The van der Waals surface area contributed by atoms with Crippen LogP contribution in [0.25, 0.3) is 0 Å². The van der Waals surface area contributed by atoms with Gasteiger partial charge < -0.3 is 4.74 Å². The highest BCUT2D eigenvalue weighted by atomic mass is 16.5. The van der Waals surface area contributed by atoms with Crippen LogP contribution >= 0.6 is 0 Å².